The molecule has 0 aliphatic carbocycles. The van der Waals surface area contributed by atoms with Crippen LogP contribution in [0.4, 0.5) is 5.88 Å². The van der Waals surface area contributed by atoms with Crippen molar-refractivity contribution in [2.75, 3.05) is 18.0 Å². The third-order valence-electron chi connectivity index (χ3n) is 7.47. The Morgan fingerprint density at radius 2 is 1.30 bits per heavy atom. The molecule has 3 heterocycles. The Morgan fingerprint density at radius 3 is 1.97 bits per heavy atom. The number of anilines is 1. The van der Waals surface area contributed by atoms with E-state index in [1.165, 1.54) is 0 Å². The van der Waals surface area contributed by atoms with Crippen molar-refractivity contribution >= 4 is 49.4 Å². The van der Waals surface area contributed by atoms with Gasteiger partial charge in [0, 0.05) is 19.5 Å². The van der Waals surface area contributed by atoms with Crippen LogP contribution in [0.15, 0.2) is 91.2 Å². The number of benzene rings is 4. The third kappa shape index (κ3) is 3.33. The van der Waals surface area contributed by atoms with Crippen LogP contribution in [0, 0.1) is 0 Å². The summed E-state index contributed by atoms with van der Waals surface area (Å²) in [7, 11) is 0. The second kappa shape index (κ2) is 8.23. The standard InChI is InChI=1S/C31H23NO5/c33-28-22(17-23-29(34)27-21-10-4-2-8-19(21)12-14-25(27)37-31(23)35)30(32-15-5-6-16-32)36-24-13-11-18-7-1-3-9-20(18)26(24)28/h1-4,7-14,34H,5-6,15-17H2. The largest absolute Gasteiger partial charge is 0.507 e. The van der Waals surface area contributed by atoms with Gasteiger partial charge in [-0.05, 0) is 46.5 Å². The normalized spacial score (nSPS) is 13.9. The van der Waals surface area contributed by atoms with E-state index in [9.17, 15) is 14.7 Å². The number of nitrogens with zero attached hydrogens (tertiary/aromatic N) is 1. The summed E-state index contributed by atoms with van der Waals surface area (Å²) in [5.74, 6) is 0.301. The lowest BCUT2D eigenvalue weighted by molar-refractivity contribution is 0.459. The lowest BCUT2D eigenvalue weighted by atomic mass is 9.98. The Balaban J connectivity index is 1.52. The molecule has 4 aromatic carbocycles. The van der Waals surface area contributed by atoms with E-state index < -0.39 is 5.63 Å². The lowest BCUT2D eigenvalue weighted by Crippen LogP contribution is -2.24. The molecule has 0 atom stereocenters. The molecule has 37 heavy (non-hydrogen) atoms. The third-order valence-corrected chi connectivity index (χ3v) is 7.47. The van der Waals surface area contributed by atoms with Gasteiger partial charge in [0.1, 0.15) is 16.9 Å². The number of hydrogen-bond donors (Lipinski definition) is 1. The molecule has 0 unspecified atom stereocenters. The SMILES string of the molecule is O=c1oc2ccc3ccccc3c2c(O)c1Cc1c(N2CCCC2)oc2ccc3ccccc3c2c1=O. The van der Waals surface area contributed by atoms with Crippen LogP contribution in [0.2, 0.25) is 0 Å². The maximum absolute atomic E-state index is 14.1. The minimum Gasteiger partial charge on any atom is -0.507 e. The summed E-state index contributed by atoms with van der Waals surface area (Å²) in [4.78, 5) is 29.3. The maximum atomic E-state index is 14.1. The molecule has 1 N–H and O–H groups in total. The molecule has 1 saturated heterocycles. The van der Waals surface area contributed by atoms with Gasteiger partial charge in [0.2, 0.25) is 5.88 Å². The van der Waals surface area contributed by atoms with Gasteiger partial charge in [-0.25, -0.2) is 4.79 Å². The highest BCUT2D eigenvalue weighted by atomic mass is 16.4. The first-order chi connectivity index (χ1) is 18.1. The lowest BCUT2D eigenvalue weighted by Gasteiger charge is -2.20. The molecule has 2 aromatic heterocycles. The predicted molar refractivity (Wildman–Crippen MR) is 146 cm³/mol. The zero-order chi connectivity index (χ0) is 25.1. The van der Waals surface area contributed by atoms with E-state index in [1.54, 1.807) is 6.07 Å². The Kier molecular flexibility index (Phi) is 4.83. The van der Waals surface area contributed by atoms with Gasteiger partial charge in [-0.3, -0.25) is 4.79 Å². The van der Waals surface area contributed by atoms with E-state index in [0.29, 0.717) is 33.4 Å². The molecule has 0 radical (unpaired) electrons. The van der Waals surface area contributed by atoms with Crippen molar-refractivity contribution in [1.29, 1.82) is 0 Å². The van der Waals surface area contributed by atoms with E-state index in [4.69, 9.17) is 8.83 Å². The van der Waals surface area contributed by atoms with E-state index >= 15 is 0 Å². The predicted octanol–water partition coefficient (Wildman–Crippen LogP) is 6.10. The van der Waals surface area contributed by atoms with Gasteiger partial charge >= 0.3 is 5.63 Å². The molecule has 6 nitrogen and oxygen atoms in total. The van der Waals surface area contributed by atoms with Crippen molar-refractivity contribution < 1.29 is 13.9 Å². The van der Waals surface area contributed by atoms with Crippen LogP contribution in [-0.4, -0.2) is 18.2 Å². The fourth-order valence-electron chi connectivity index (χ4n) is 5.64. The Morgan fingerprint density at radius 1 is 0.703 bits per heavy atom. The van der Waals surface area contributed by atoms with E-state index in [-0.39, 0.29) is 23.2 Å². The van der Waals surface area contributed by atoms with Gasteiger partial charge in [0.25, 0.3) is 0 Å². The summed E-state index contributed by atoms with van der Waals surface area (Å²) in [6.45, 7) is 1.52. The molecular weight excluding hydrogens is 466 g/mol. The molecule has 182 valence electrons. The fraction of sp³-hybridized carbons (Fsp3) is 0.161. The molecule has 0 saturated carbocycles. The van der Waals surface area contributed by atoms with Gasteiger partial charge in [0.05, 0.1) is 21.9 Å². The molecule has 1 aliphatic rings. The second-order valence-corrected chi connectivity index (χ2v) is 9.62. The van der Waals surface area contributed by atoms with Crippen LogP contribution in [0.25, 0.3) is 43.5 Å². The van der Waals surface area contributed by atoms with Crippen LogP contribution in [0.1, 0.15) is 24.0 Å². The molecule has 0 spiro atoms. The van der Waals surface area contributed by atoms with Crippen molar-refractivity contribution in [3.63, 3.8) is 0 Å². The van der Waals surface area contributed by atoms with Crippen LogP contribution in [0.5, 0.6) is 5.75 Å². The minimum absolute atomic E-state index is 0.0520. The van der Waals surface area contributed by atoms with Gasteiger partial charge in [-0.1, -0.05) is 60.7 Å². The monoisotopic (exact) mass is 489 g/mol. The Labute approximate surface area is 211 Å². The summed E-state index contributed by atoms with van der Waals surface area (Å²) in [6.07, 6.45) is 1.89. The summed E-state index contributed by atoms with van der Waals surface area (Å²) in [5.41, 5.74) is 0.363. The van der Waals surface area contributed by atoms with Crippen LogP contribution in [-0.2, 0) is 6.42 Å². The van der Waals surface area contributed by atoms with E-state index in [2.05, 4.69) is 4.90 Å². The number of hydrogen-bond acceptors (Lipinski definition) is 6. The van der Waals surface area contributed by atoms with Crippen molar-refractivity contribution in [2.24, 2.45) is 0 Å². The number of rotatable bonds is 3. The van der Waals surface area contributed by atoms with Crippen molar-refractivity contribution in [2.45, 2.75) is 19.3 Å². The van der Waals surface area contributed by atoms with Crippen LogP contribution >= 0.6 is 0 Å². The molecule has 0 amide bonds. The zero-order valence-electron chi connectivity index (χ0n) is 20.0. The van der Waals surface area contributed by atoms with E-state index in [1.807, 2.05) is 66.7 Å². The van der Waals surface area contributed by atoms with Crippen molar-refractivity contribution in [1.82, 2.24) is 0 Å². The average Bonchev–Trinajstić information content (AvgIpc) is 3.46. The maximum Gasteiger partial charge on any atom is 0.343 e. The second-order valence-electron chi connectivity index (χ2n) is 9.62. The summed E-state index contributed by atoms with van der Waals surface area (Å²) >= 11 is 0. The van der Waals surface area contributed by atoms with Gasteiger partial charge < -0.3 is 18.8 Å². The minimum atomic E-state index is -0.662. The Hall–Kier alpha value is -4.58. The highest BCUT2D eigenvalue weighted by Crippen LogP contribution is 2.36. The average molecular weight is 490 g/mol. The molecule has 6 aromatic rings. The topological polar surface area (TPSA) is 83.9 Å². The quantitative estimate of drug-likeness (QED) is 0.239. The van der Waals surface area contributed by atoms with Crippen molar-refractivity contribution in [3.05, 3.63) is 105 Å². The number of fused-ring (bicyclic) bond motifs is 6. The van der Waals surface area contributed by atoms with Crippen LogP contribution in [0.3, 0.4) is 0 Å². The van der Waals surface area contributed by atoms with Gasteiger partial charge in [-0.15, -0.1) is 0 Å². The first kappa shape index (κ1) is 21.7. The van der Waals surface area contributed by atoms with E-state index in [0.717, 1.165) is 47.5 Å². The molecule has 6 heteroatoms. The fourth-order valence-corrected chi connectivity index (χ4v) is 5.64. The Bertz CT molecular complexity index is 1980. The van der Waals surface area contributed by atoms with Gasteiger partial charge in [0.15, 0.2) is 5.43 Å². The number of aromatic hydroxyl groups is 1. The molecule has 0 bridgehead atoms. The zero-order valence-corrected chi connectivity index (χ0v) is 20.0. The first-order valence-electron chi connectivity index (χ1n) is 12.5. The summed E-state index contributed by atoms with van der Waals surface area (Å²) in [5, 5.41) is 15.8. The van der Waals surface area contributed by atoms with Crippen molar-refractivity contribution in [3.8, 4) is 5.75 Å². The summed E-state index contributed by atoms with van der Waals surface area (Å²) in [6, 6.07) is 22.6. The molecule has 1 fully saturated rings. The molecular formula is C31H23NO5. The van der Waals surface area contributed by atoms with Crippen LogP contribution < -0.4 is 16.0 Å². The molecule has 7 rings (SSSR count). The highest BCUT2D eigenvalue weighted by molar-refractivity contribution is 6.09. The first-order valence-corrected chi connectivity index (χ1v) is 12.5. The smallest absolute Gasteiger partial charge is 0.343 e. The summed E-state index contributed by atoms with van der Waals surface area (Å²) < 4.78 is 12.0. The highest BCUT2D eigenvalue weighted by Gasteiger charge is 2.26. The van der Waals surface area contributed by atoms with Gasteiger partial charge in [-0.2, -0.15) is 0 Å². The molecule has 1 aliphatic heterocycles.